The number of halogens is 2. The van der Waals surface area contributed by atoms with Crippen LogP contribution < -0.4 is 4.31 Å². The minimum atomic E-state index is -3.87. The van der Waals surface area contributed by atoms with Gasteiger partial charge >= 0.3 is 5.97 Å². The third-order valence-electron chi connectivity index (χ3n) is 5.35. The topological polar surface area (TPSA) is 74.7 Å². The van der Waals surface area contributed by atoms with Crippen molar-refractivity contribution in [2.45, 2.75) is 49.3 Å². The van der Waals surface area contributed by atoms with Crippen LogP contribution in [0.25, 0.3) is 0 Å². The quantitative estimate of drug-likeness (QED) is 0.603. The summed E-state index contributed by atoms with van der Waals surface area (Å²) in [7, 11) is -2.39. The molecule has 156 valence electrons. The number of para-hydroxylation sites is 1. The molecule has 0 aliphatic carbocycles. The van der Waals surface area contributed by atoms with Crippen LogP contribution in [0.4, 0.5) is 10.1 Å². The number of rotatable bonds is 7. The summed E-state index contributed by atoms with van der Waals surface area (Å²) in [5.41, 5.74) is 1.80. The van der Waals surface area contributed by atoms with E-state index in [0.717, 1.165) is 24.8 Å². The van der Waals surface area contributed by atoms with Gasteiger partial charge < -0.3 is 5.11 Å². The van der Waals surface area contributed by atoms with Gasteiger partial charge in [0.2, 0.25) is 0 Å². The zero-order chi connectivity index (χ0) is 21.2. The van der Waals surface area contributed by atoms with Gasteiger partial charge in [-0.15, -0.1) is 0 Å². The van der Waals surface area contributed by atoms with Crippen LogP contribution in [0.2, 0.25) is 5.02 Å². The number of carboxylic acid groups (broad SMARTS) is 1. The predicted octanol–water partition coefficient (Wildman–Crippen LogP) is 5.17. The zero-order valence-corrected chi connectivity index (χ0v) is 17.6. The number of benzene rings is 2. The number of nitrogens with zero attached hydrogens (tertiary/aromatic N) is 1. The maximum atomic E-state index is 14.3. The fraction of sp³-hybridized carbons (Fsp3) is 0.381. The molecule has 5 nitrogen and oxygen atoms in total. The van der Waals surface area contributed by atoms with Gasteiger partial charge in [0.1, 0.15) is 5.82 Å². The molecule has 0 saturated heterocycles. The second-order valence-corrected chi connectivity index (χ2v) is 9.58. The number of hydrogen-bond donors (Lipinski definition) is 1. The molecule has 8 heteroatoms. The van der Waals surface area contributed by atoms with Crippen molar-refractivity contribution in [3.8, 4) is 0 Å². The van der Waals surface area contributed by atoms with Gasteiger partial charge in [-0.05, 0) is 42.2 Å². The summed E-state index contributed by atoms with van der Waals surface area (Å²) in [5.74, 6) is -1.75. The van der Waals surface area contributed by atoms with Crippen molar-refractivity contribution in [3.63, 3.8) is 0 Å². The van der Waals surface area contributed by atoms with Gasteiger partial charge in [0.25, 0.3) is 10.0 Å². The molecular formula is C21H23ClFNO4S. The van der Waals surface area contributed by atoms with Gasteiger partial charge in [-0.2, -0.15) is 0 Å². The molecule has 1 aliphatic rings. The first-order chi connectivity index (χ1) is 13.7. The van der Waals surface area contributed by atoms with E-state index < -0.39 is 21.8 Å². The molecular weight excluding hydrogens is 417 g/mol. The zero-order valence-electron chi connectivity index (χ0n) is 16.1. The molecule has 29 heavy (non-hydrogen) atoms. The van der Waals surface area contributed by atoms with Crippen molar-refractivity contribution in [1.82, 2.24) is 0 Å². The minimum Gasteiger partial charge on any atom is -0.481 e. The Hall–Kier alpha value is -2.12. The fourth-order valence-electron chi connectivity index (χ4n) is 3.84. The Morgan fingerprint density at radius 2 is 1.83 bits per heavy atom. The number of carboxylic acids is 1. The van der Waals surface area contributed by atoms with Crippen molar-refractivity contribution in [3.05, 3.63) is 58.4 Å². The first kappa shape index (κ1) is 21.6. The van der Waals surface area contributed by atoms with Crippen molar-refractivity contribution in [2.75, 3.05) is 11.4 Å². The third-order valence-corrected chi connectivity index (χ3v) is 7.47. The summed E-state index contributed by atoms with van der Waals surface area (Å²) in [6.07, 6.45) is 3.74. The summed E-state index contributed by atoms with van der Waals surface area (Å²) in [5, 5.41) is 8.52. The number of unbranched alkanes of at least 4 members (excludes halogenated alkanes) is 3. The molecule has 1 unspecified atom stereocenters. The van der Waals surface area contributed by atoms with E-state index in [2.05, 4.69) is 0 Å². The highest BCUT2D eigenvalue weighted by Gasteiger charge is 2.35. The Bertz CT molecular complexity index is 1030. The second kappa shape index (κ2) is 8.71. The first-order valence-electron chi connectivity index (χ1n) is 9.52. The molecule has 2 aromatic carbocycles. The smallest absolute Gasteiger partial charge is 0.303 e. The fourth-order valence-corrected chi connectivity index (χ4v) is 5.56. The third kappa shape index (κ3) is 4.41. The number of aliphatic carboxylic acids is 1. The van der Waals surface area contributed by atoms with Crippen molar-refractivity contribution >= 4 is 33.3 Å². The lowest BCUT2D eigenvalue weighted by atomic mass is 9.85. The highest BCUT2D eigenvalue weighted by Crippen LogP contribution is 2.44. The van der Waals surface area contributed by atoms with Crippen LogP contribution >= 0.6 is 11.6 Å². The standard InChI is InChI=1S/C21H23ClFNO4S/c1-24-19-10-7-6-9-15(19)14(8-4-2-3-5-11-21(25)26)16-12-18(23)17(22)13-20(16)29(24,27)28/h6-7,9-10,12-14H,2-5,8,11H2,1H3,(H,25,26). The van der Waals surface area contributed by atoms with Gasteiger partial charge in [-0.3, -0.25) is 9.10 Å². The van der Waals surface area contributed by atoms with E-state index in [1.165, 1.54) is 23.5 Å². The minimum absolute atomic E-state index is 0.0264. The van der Waals surface area contributed by atoms with E-state index >= 15 is 0 Å². The lowest BCUT2D eigenvalue weighted by Crippen LogP contribution is -2.26. The van der Waals surface area contributed by atoms with Crippen molar-refractivity contribution in [2.24, 2.45) is 0 Å². The van der Waals surface area contributed by atoms with E-state index in [-0.39, 0.29) is 22.3 Å². The first-order valence-corrected chi connectivity index (χ1v) is 11.3. The molecule has 1 aliphatic heterocycles. The second-order valence-electron chi connectivity index (χ2n) is 7.23. The average Bonchev–Trinajstić information content (AvgIpc) is 2.74. The summed E-state index contributed by atoms with van der Waals surface area (Å²) in [6.45, 7) is 0. The molecule has 3 rings (SSSR count). The maximum Gasteiger partial charge on any atom is 0.303 e. The normalized spacial score (nSPS) is 17.3. The highest BCUT2D eigenvalue weighted by atomic mass is 35.5. The number of carbonyl (C=O) groups is 1. The molecule has 0 radical (unpaired) electrons. The summed E-state index contributed by atoms with van der Waals surface area (Å²) in [4.78, 5) is 10.7. The van der Waals surface area contributed by atoms with Crippen molar-refractivity contribution in [1.29, 1.82) is 0 Å². The van der Waals surface area contributed by atoms with Crippen LogP contribution in [-0.2, 0) is 14.8 Å². The Kier molecular flexibility index (Phi) is 6.49. The molecule has 1 heterocycles. The molecule has 2 aromatic rings. The summed E-state index contributed by atoms with van der Waals surface area (Å²) < 4.78 is 41.9. The van der Waals surface area contributed by atoms with Gasteiger partial charge in [0.15, 0.2) is 0 Å². The summed E-state index contributed by atoms with van der Waals surface area (Å²) in [6, 6.07) is 9.67. The molecule has 0 saturated carbocycles. The van der Waals surface area contributed by atoms with Gasteiger partial charge in [0.05, 0.1) is 15.6 Å². The Morgan fingerprint density at radius 3 is 2.55 bits per heavy atom. The Morgan fingerprint density at radius 1 is 1.14 bits per heavy atom. The monoisotopic (exact) mass is 439 g/mol. The van der Waals surface area contributed by atoms with Gasteiger partial charge in [0, 0.05) is 19.4 Å². The number of hydrogen-bond acceptors (Lipinski definition) is 3. The number of fused-ring (bicyclic) bond motifs is 2. The Labute approximate surface area is 175 Å². The van der Waals surface area contributed by atoms with Crippen LogP contribution in [-0.4, -0.2) is 26.5 Å². The maximum absolute atomic E-state index is 14.3. The number of sulfonamides is 1. The van der Waals surface area contributed by atoms with E-state index in [1.54, 1.807) is 12.1 Å². The largest absolute Gasteiger partial charge is 0.481 e. The van der Waals surface area contributed by atoms with Gasteiger partial charge in [-0.25, -0.2) is 12.8 Å². The lowest BCUT2D eigenvalue weighted by Gasteiger charge is -2.21. The lowest BCUT2D eigenvalue weighted by molar-refractivity contribution is -0.137. The van der Waals surface area contributed by atoms with Crippen LogP contribution in [0, 0.1) is 5.82 Å². The summed E-state index contributed by atoms with van der Waals surface area (Å²) >= 11 is 5.91. The SMILES string of the molecule is CN1c2ccccc2C(CCCCCCC(=O)O)c2cc(F)c(Cl)cc2S1(=O)=O. The molecule has 1 atom stereocenters. The van der Waals surface area contributed by atoms with Gasteiger partial charge in [-0.1, -0.05) is 49.1 Å². The number of anilines is 1. The van der Waals surface area contributed by atoms with Crippen LogP contribution in [0.5, 0.6) is 0 Å². The van der Waals surface area contributed by atoms with E-state index in [9.17, 15) is 17.6 Å². The molecule has 0 aromatic heterocycles. The Balaban J connectivity index is 1.98. The van der Waals surface area contributed by atoms with Crippen LogP contribution in [0.1, 0.15) is 55.6 Å². The van der Waals surface area contributed by atoms with E-state index in [4.69, 9.17) is 16.7 Å². The molecule has 0 fully saturated rings. The van der Waals surface area contributed by atoms with Crippen LogP contribution in [0.3, 0.4) is 0 Å². The molecule has 0 amide bonds. The average molecular weight is 440 g/mol. The van der Waals surface area contributed by atoms with E-state index in [0.29, 0.717) is 24.1 Å². The predicted molar refractivity (Wildman–Crippen MR) is 111 cm³/mol. The molecule has 0 spiro atoms. The highest BCUT2D eigenvalue weighted by molar-refractivity contribution is 7.92. The van der Waals surface area contributed by atoms with Crippen LogP contribution in [0.15, 0.2) is 41.3 Å². The molecule has 0 bridgehead atoms. The van der Waals surface area contributed by atoms with E-state index in [1.807, 2.05) is 12.1 Å². The molecule has 1 N–H and O–H groups in total. The van der Waals surface area contributed by atoms with Crippen molar-refractivity contribution < 1.29 is 22.7 Å².